The second-order valence-corrected chi connectivity index (χ2v) is 5.37. The SMILES string of the molecule is c1ccc2[nH]c(CCNCC3CCCNC3)nc2c1. The molecule has 3 N–H and O–H groups in total. The highest BCUT2D eigenvalue weighted by molar-refractivity contribution is 5.74. The molecule has 1 aliphatic heterocycles. The van der Waals surface area contributed by atoms with Gasteiger partial charge in [0.2, 0.25) is 0 Å². The smallest absolute Gasteiger partial charge is 0.108 e. The summed E-state index contributed by atoms with van der Waals surface area (Å²) in [6.45, 7) is 4.47. The first-order valence-electron chi connectivity index (χ1n) is 7.27. The van der Waals surface area contributed by atoms with Gasteiger partial charge in [0.25, 0.3) is 0 Å². The average Bonchev–Trinajstić information content (AvgIpc) is 2.87. The van der Waals surface area contributed by atoms with Crippen molar-refractivity contribution in [2.75, 3.05) is 26.2 Å². The van der Waals surface area contributed by atoms with Gasteiger partial charge in [-0.05, 0) is 50.5 Å². The van der Waals surface area contributed by atoms with Crippen molar-refractivity contribution in [1.82, 2.24) is 20.6 Å². The molecule has 0 saturated carbocycles. The van der Waals surface area contributed by atoms with E-state index in [9.17, 15) is 0 Å². The van der Waals surface area contributed by atoms with E-state index in [2.05, 4.69) is 32.7 Å². The molecular weight excluding hydrogens is 236 g/mol. The molecule has 102 valence electrons. The van der Waals surface area contributed by atoms with Crippen LogP contribution in [0.3, 0.4) is 0 Å². The van der Waals surface area contributed by atoms with Crippen LogP contribution in [-0.4, -0.2) is 36.1 Å². The van der Waals surface area contributed by atoms with Gasteiger partial charge in [-0.1, -0.05) is 12.1 Å². The lowest BCUT2D eigenvalue weighted by molar-refractivity contribution is 0.361. The second-order valence-electron chi connectivity index (χ2n) is 5.37. The number of rotatable bonds is 5. The summed E-state index contributed by atoms with van der Waals surface area (Å²) < 4.78 is 0. The minimum atomic E-state index is 0.796. The largest absolute Gasteiger partial charge is 0.342 e. The number of hydrogen-bond donors (Lipinski definition) is 3. The van der Waals surface area contributed by atoms with Crippen LogP contribution in [-0.2, 0) is 6.42 Å². The third kappa shape index (κ3) is 3.33. The quantitative estimate of drug-likeness (QED) is 0.715. The Kier molecular flexibility index (Phi) is 4.10. The predicted octanol–water partition coefficient (Wildman–Crippen LogP) is 1.69. The minimum Gasteiger partial charge on any atom is -0.342 e. The summed E-state index contributed by atoms with van der Waals surface area (Å²) in [6, 6.07) is 8.20. The highest BCUT2D eigenvalue weighted by Gasteiger charge is 2.11. The van der Waals surface area contributed by atoms with E-state index in [0.717, 1.165) is 48.8 Å². The number of H-pyrrole nitrogens is 1. The lowest BCUT2D eigenvalue weighted by Gasteiger charge is -2.22. The van der Waals surface area contributed by atoms with E-state index in [1.165, 1.54) is 19.4 Å². The van der Waals surface area contributed by atoms with Gasteiger partial charge >= 0.3 is 0 Å². The van der Waals surface area contributed by atoms with Gasteiger partial charge in [0.15, 0.2) is 0 Å². The number of fused-ring (bicyclic) bond motifs is 1. The van der Waals surface area contributed by atoms with E-state index < -0.39 is 0 Å². The maximum atomic E-state index is 4.59. The van der Waals surface area contributed by atoms with Gasteiger partial charge in [0.1, 0.15) is 5.82 Å². The van der Waals surface area contributed by atoms with Gasteiger partial charge < -0.3 is 15.6 Å². The van der Waals surface area contributed by atoms with Crippen molar-refractivity contribution in [3.63, 3.8) is 0 Å². The summed E-state index contributed by atoms with van der Waals surface area (Å²) in [5.41, 5.74) is 2.20. The topological polar surface area (TPSA) is 52.7 Å². The molecule has 0 bridgehead atoms. The van der Waals surface area contributed by atoms with Crippen molar-refractivity contribution in [3.8, 4) is 0 Å². The molecular formula is C15H22N4. The fourth-order valence-corrected chi connectivity index (χ4v) is 2.74. The summed E-state index contributed by atoms with van der Waals surface area (Å²) in [5.74, 6) is 1.87. The fraction of sp³-hybridized carbons (Fsp3) is 0.533. The number of imidazole rings is 1. The van der Waals surface area contributed by atoms with Gasteiger partial charge in [0.05, 0.1) is 11.0 Å². The Balaban J connectivity index is 1.44. The van der Waals surface area contributed by atoms with Crippen molar-refractivity contribution in [2.45, 2.75) is 19.3 Å². The second kappa shape index (κ2) is 6.17. The number of para-hydroxylation sites is 2. The minimum absolute atomic E-state index is 0.796. The molecule has 1 aliphatic rings. The van der Waals surface area contributed by atoms with E-state index in [4.69, 9.17) is 0 Å². The van der Waals surface area contributed by atoms with Crippen LogP contribution in [0.4, 0.5) is 0 Å². The number of hydrogen-bond acceptors (Lipinski definition) is 3. The Morgan fingerprint density at radius 3 is 3.11 bits per heavy atom. The van der Waals surface area contributed by atoms with Crippen molar-refractivity contribution >= 4 is 11.0 Å². The molecule has 0 spiro atoms. The average molecular weight is 258 g/mol. The number of nitrogens with one attached hydrogen (secondary N) is 3. The zero-order chi connectivity index (χ0) is 12.9. The molecule has 4 heteroatoms. The molecule has 1 aromatic carbocycles. The van der Waals surface area contributed by atoms with E-state index in [0.29, 0.717) is 0 Å². The number of piperidine rings is 1. The summed E-state index contributed by atoms with van der Waals surface area (Å²) in [7, 11) is 0. The molecule has 1 unspecified atom stereocenters. The van der Waals surface area contributed by atoms with Crippen LogP contribution >= 0.6 is 0 Å². The molecule has 4 nitrogen and oxygen atoms in total. The number of nitrogens with zero attached hydrogens (tertiary/aromatic N) is 1. The molecule has 19 heavy (non-hydrogen) atoms. The third-order valence-corrected chi connectivity index (χ3v) is 3.81. The summed E-state index contributed by atoms with van der Waals surface area (Å²) in [4.78, 5) is 7.96. The fourth-order valence-electron chi connectivity index (χ4n) is 2.74. The third-order valence-electron chi connectivity index (χ3n) is 3.81. The number of aromatic nitrogens is 2. The Morgan fingerprint density at radius 2 is 2.26 bits per heavy atom. The molecule has 0 amide bonds. The van der Waals surface area contributed by atoms with E-state index in [1.807, 2.05) is 12.1 Å². The van der Waals surface area contributed by atoms with Gasteiger partial charge in [-0.2, -0.15) is 0 Å². The summed E-state index contributed by atoms with van der Waals surface area (Å²) in [6.07, 6.45) is 3.63. The summed E-state index contributed by atoms with van der Waals surface area (Å²) in [5, 5.41) is 7.00. The molecule has 1 fully saturated rings. The van der Waals surface area contributed by atoms with Gasteiger partial charge in [-0.15, -0.1) is 0 Å². The first-order valence-corrected chi connectivity index (χ1v) is 7.27. The van der Waals surface area contributed by atoms with Gasteiger partial charge in [-0.3, -0.25) is 0 Å². The maximum absolute atomic E-state index is 4.59. The number of benzene rings is 1. The normalized spacial score (nSPS) is 19.9. The maximum Gasteiger partial charge on any atom is 0.108 e. The zero-order valence-electron chi connectivity index (χ0n) is 11.3. The molecule has 0 radical (unpaired) electrons. The van der Waals surface area contributed by atoms with Crippen molar-refractivity contribution in [2.24, 2.45) is 5.92 Å². The number of aromatic amines is 1. The van der Waals surface area contributed by atoms with Crippen LogP contribution in [0.2, 0.25) is 0 Å². The molecule has 1 aromatic heterocycles. The monoisotopic (exact) mass is 258 g/mol. The lowest BCUT2D eigenvalue weighted by atomic mass is 10.00. The molecule has 0 aliphatic carbocycles. The standard InChI is InChI=1S/C15H22N4/c1-2-6-14-13(5-1)18-15(19-14)7-9-17-11-12-4-3-8-16-10-12/h1-2,5-6,12,16-17H,3-4,7-11H2,(H,18,19). The van der Waals surface area contributed by atoms with Crippen molar-refractivity contribution in [3.05, 3.63) is 30.1 Å². The molecule has 2 heterocycles. The van der Waals surface area contributed by atoms with Crippen LogP contribution < -0.4 is 10.6 Å². The molecule has 3 rings (SSSR count). The zero-order valence-corrected chi connectivity index (χ0v) is 11.3. The predicted molar refractivity (Wildman–Crippen MR) is 78.3 cm³/mol. The van der Waals surface area contributed by atoms with Gasteiger partial charge in [-0.25, -0.2) is 4.98 Å². The van der Waals surface area contributed by atoms with Crippen molar-refractivity contribution in [1.29, 1.82) is 0 Å². The molecule has 2 aromatic rings. The Labute approximate surface area is 114 Å². The van der Waals surface area contributed by atoms with Crippen LogP contribution in [0.25, 0.3) is 11.0 Å². The van der Waals surface area contributed by atoms with Crippen LogP contribution in [0, 0.1) is 5.92 Å². The Hall–Kier alpha value is -1.39. The summed E-state index contributed by atoms with van der Waals surface area (Å²) >= 11 is 0. The van der Waals surface area contributed by atoms with E-state index in [1.54, 1.807) is 0 Å². The van der Waals surface area contributed by atoms with Crippen LogP contribution in [0.15, 0.2) is 24.3 Å². The van der Waals surface area contributed by atoms with Crippen LogP contribution in [0.1, 0.15) is 18.7 Å². The lowest BCUT2D eigenvalue weighted by Crippen LogP contribution is -2.36. The molecule has 1 atom stereocenters. The van der Waals surface area contributed by atoms with E-state index >= 15 is 0 Å². The van der Waals surface area contributed by atoms with Crippen LogP contribution in [0.5, 0.6) is 0 Å². The van der Waals surface area contributed by atoms with E-state index in [-0.39, 0.29) is 0 Å². The first-order chi connectivity index (χ1) is 9.42. The van der Waals surface area contributed by atoms with Gasteiger partial charge in [0, 0.05) is 13.0 Å². The highest BCUT2D eigenvalue weighted by Crippen LogP contribution is 2.10. The van der Waals surface area contributed by atoms with Crippen molar-refractivity contribution < 1.29 is 0 Å². The Morgan fingerprint density at radius 1 is 1.32 bits per heavy atom. The highest BCUT2D eigenvalue weighted by atomic mass is 14.9. The Bertz CT molecular complexity index is 481. The molecule has 1 saturated heterocycles. The first kappa shape index (κ1) is 12.6.